The first-order chi connectivity index (χ1) is 13.5. The van der Waals surface area contributed by atoms with Crippen LogP contribution in [-0.2, 0) is 11.3 Å². The Morgan fingerprint density at radius 1 is 1.07 bits per heavy atom. The van der Waals surface area contributed by atoms with Crippen LogP contribution >= 0.6 is 11.6 Å². The molecule has 0 saturated carbocycles. The molecule has 2 aromatic rings. The number of rotatable bonds is 6. The Labute approximate surface area is 171 Å². The van der Waals surface area contributed by atoms with Gasteiger partial charge in [0.25, 0.3) is 5.91 Å². The predicted octanol–water partition coefficient (Wildman–Crippen LogP) is 3.24. The van der Waals surface area contributed by atoms with Crippen molar-refractivity contribution in [3.63, 3.8) is 0 Å². The molecule has 5 nitrogen and oxygen atoms in total. The molecule has 2 N–H and O–H groups in total. The molecule has 2 amide bonds. The van der Waals surface area contributed by atoms with Gasteiger partial charge in [0, 0.05) is 25.7 Å². The Kier molecular flexibility index (Phi) is 7.06. The van der Waals surface area contributed by atoms with Gasteiger partial charge < -0.3 is 10.6 Å². The van der Waals surface area contributed by atoms with Gasteiger partial charge in [0.2, 0.25) is 5.91 Å². The van der Waals surface area contributed by atoms with Crippen LogP contribution in [0.25, 0.3) is 0 Å². The smallest absolute Gasteiger partial charge is 0.253 e. The van der Waals surface area contributed by atoms with E-state index in [1.807, 2.05) is 6.07 Å². The number of likely N-dealkylation sites (tertiary alicyclic amines) is 1. The van der Waals surface area contributed by atoms with E-state index in [1.54, 1.807) is 31.2 Å². The number of halogens is 1. The Balaban J connectivity index is 1.43. The quantitative estimate of drug-likeness (QED) is 0.783. The number of carbonyl (C=O) groups is 2. The summed E-state index contributed by atoms with van der Waals surface area (Å²) in [6.45, 7) is 4.51. The average Bonchev–Trinajstić information content (AvgIpc) is 2.70. The average molecular weight is 400 g/mol. The van der Waals surface area contributed by atoms with Gasteiger partial charge in [0.05, 0.1) is 10.6 Å². The number of hydrogen-bond acceptors (Lipinski definition) is 3. The van der Waals surface area contributed by atoms with Crippen LogP contribution in [0.15, 0.2) is 54.6 Å². The lowest BCUT2D eigenvalue weighted by molar-refractivity contribution is -0.123. The van der Waals surface area contributed by atoms with E-state index in [0.717, 1.165) is 32.5 Å². The van der Waals surface area contributed by atoms with E-state index >= 15 is 0 Å². The van der Waals surface area contributed by atoms with Crippen molar-refractivity contribution in [2.45, 2.75) is 38.4 Å². The van der Waals surface area contributed by atoms with Gasteiger partial charge in [-0.25, -0.2) is 0 Å². The zero-order chi connectivity index (χ0) is 19.9. The van der Waals surface area contributed by atoms with Crippen molar-refractivity contribution in [3.8, 4) is 0 Å². The fourth-order valence-electron chi connectivity index (χ4n) is 3.39. The first kappa shape index (κ1) is 20.4. The van der Waals surface area contributed by atoms with E-state index in [9.17, 15) is 9.59 Å². The Morgan fingerprint density at radius 3 is 2.39 bits per heavy atom. The third kappa shape index (κ3) is 5.57. The highest BCUT2D eigenvalue weighted by Gasteiger charge is 2.24. The van der Waals surface area contributed by atoms with Gasteiger partial charge in [-0.2, -0.15) is 0 Å². The topological polar surface area (TPSA) is 61.4 Å². The number of nitrogens with one attached hydrogen (secondary N) is 2. The summed E-state index contributed by atoms with van der Waals surface area (Å²) >= 11 is 6.04. The second-order valence-corrected chi connectivity index (χ2v) is 7.63. The molecule has 0 radical (unpaired) electrons. The second-order valence-electron chi connectivity index (χ2n) is 7.22. The zero-order valence-corrected chi connectivity index (χ0v) is 16.8. The van der Waals surface area contributed by atoms with Crippen molar-refractivity contribution in [1.82, 2.24) is 15.5 Å². The zero-order valence-electron chi connectivity index (χ0n) is 16.0. The molecule has 0 spiro atoms. The predicted molar refractivity (Wildman–Crippen MR) is 111 cm³/mol. The lowest BCUT2D eigenvalue weighted by Gasteiger charge is -2.33. The summed E-state index contributed by atoms with van der Waals surface area (Å²) in [6, 6.07) is 16.7. The lowest BCUT2D eigenvalue weighted by atomic mass is 10.0. The van der Waals surface area contributed by atoms with Crippen LogP contribution in [0, 0.1) is 0 Å². The Morgan fingerprint density at radius 2 is 1.71 bits per heavy atom. The van der Waals surface area contributed by atoms with Crippen molar-refractivity contribution in [2.24, 2.45) is 0 Å². The molecule has 3 rings (SSSR count). The van der Waals surface area contributed by atoms with Crippen molar-refractivity contribution < 1.29 is 9.59 Å². The summed E-state index contributed by atoms with van der Waals surface area (Å²) in [4.78, 5) is 27.2. The number of benzene rings is 2. The highest BCUT2D eigenvalue weighted by Crippen LogP contribution is 2.16. The molecule has 1 heterocycles. The van der Waals surface area contributed by atoms with Gasteiger partial charge in [0.15, 0.2) is 0 Å². The second kappa shape index (κ2) is 9.71. The molecule has 0 bridgehead atoms. The van der Waals surface area contributed by atoms with Crippen LogP contribution in [0.4, 0.5) is 0 Å². The van der Waals surface area contributed by atoms with Crippen LogP contribution in [-0.4, -0.2) is 41.9 Å². The van der Waals surface area contributed by atoms with Crippen molar-refractivity contribution >= 4 is 23.4 Å². The standard InChI is InChI=1S/C22H26ClN3O2/c1-16(24-22(28)19-9-5-6-10-20(19)23)21(27)25-18-11-13-26(14-12-18)15-17-7-3-2-4-8-17/h2-10,16,18H,11-15H2,1H3,(H,24,28)(H,25,27). The molecule has 1 fully saturated rings. The number of hydrogen-bond donors (Lipinski definition) is 2. The normalized spacial score (nSPS) is 16.4. The van der Waals surface area contributed by atoms with E-state index in [0.29, 0.717) is 10.6 Å². The van der Waals surface area contributed by atoms with E-state index in [4.69, 9.17) is 11.6 Å². The third-order valence-electron chi connectivity index (χ3n) is 5.04. The maximum atomic E-state index is 12.5. The van der Waals surface area contributed by atoms with Gasteiger partial charge in [-0.3, -0.25) is 14.5 Å². The van der Waals surface area contributed by atoms with E-state index in [2.05, 4.69) is 39.8 Å². The minimum absolute atomic E-state index is 0.138. The minimum Gasteiger partial charge on any atom is -0.351 e. The summed E-state index contributed by atoms with van der Waals surface area (Å²) in [5.41, 5.74) is 1.68. The van der Waals surface area contributed by atoms with Gasteiger partial charge in [-0.05, 0) is 37.5 Å². The lowest BCUT2D eigenvalue weighted by Crippen LogP contribution is -2.51. The van der Waals surface area contributed by atoms with E-state index in [-0.39, 0.29) is 17.9 Å². The molecule has 0 aromatic heterocycles. The van der Waals surface area contributed by atoms with Gasteiger partial charge in [-0.1, -0.05) is 54.1 Å². The summed E-state index contributed by atoms with van der Waals surface area (Å²) in [5, 5.41) is 6.16. The maximum absolute atomic E-state index is 12.5. The van der Waals surface area contributed by atoms with Crippen molar-refractivity contribution in [1.29, 1.82) is 0 Å². The molecule has 28 heavy (non-hydrogen) atoms. The number of piperidine rings is 1. The first-order valence-corrected chi connectivity index (χ1v) is 10.0. The molecule has 1 unspecified atom stereocenters. The minimum atomic E-state index is -0.619. The van der Waals surface area contributed by atoms with Crippen LogP contribution in [0.5, 0.6) is 0 Å². The molecule has 1 atom stereocenters. The fourth-order valence-corrected chi connectivity index (χ4v) is 3.61. The third-order valence-corrected chi connectivity index (χ3v) is 5.37. The fraction of sp³-hybridized carbons (Fsp3) is 0.364. The SMILES string of the molecule is CC(NC(=O)c1ccccc1Cl)C(=O)NC1CCN(Cc2ccccc2)CC1. The monoisotopic (exact) mass is 399 g/mol. The summed E-state index contributed by atoms with van der Waals surface area (Å²) in [7, 11) is 0. The highest BCUT2D eigenvalue weighted by molar-refractivity contribution is 6.33. The maximum Gasteiger partial charge on any atom is 0.253 e. The van der Waals surface area contributed by atoms with Crippen LogP contribution in [0.1, 0.15) is 35.7 Å². The van der Waals surface area contributed by atoms with Gasteiger partial charge in [-0.15, -0.1) is 0 Å². The molecular formula is C22H26ClN3O2. The van der Waals surface area contributed by atoms with E-state index < -0.39 is 6.04 Å². The summed E-state index contributed by atoms with van der Waals surface area (Å²) in [5.74, 6) is -0.507. The van der Waals surface area contributed by atoms with Crippen molar-refractivity contribution in [2.75, 3.05) is 13.1 Å². The van der Waals surface area contributed by atoms with Crippen LogP contribution in [0.2, 0.25) is 5.02 Å². The largest absolute Gasteiger partial charge is 0.351 e. The molecule has 0 aliphatic carbocycles. The van der Waals surface area contributed by atoms with Gasteiger partial charge >= 0.3 is 0 Å². The van der Waals surface area contributed by atoms with Crippen LogP contribution in [0.3, 0.4) is 0 Å². The van der Waals surface area contributed by atoms with Gasteiger partial charge in [0.1, 0.15) is 6.04 Å². The van der Waals surface area contributed by atoms with Crippen molar-refractivity contribution in [3.05, 3.63) is 70.7 Å². The molecule has 6 heteroatoms. The summed E-state index contributed by atoms with van der Waals surface area (Å²) < 4.78 is 0. The molecule has 2 aromatic carbocycles. The van der Waals surface area contributed by atoms with E-state index in [1.165, 1.54) is 5.56 Å². The molecule has 148 valence electrons. The first-order valence-electron chi connectivity index (χ1n) is 9.65. The molecule has 1 aliphatic rings. The molecule has 1 aliphatic heterocycles. The molecular weight excluding hydrogens is 374 g/mol. The number of nitrogens with zero attached hydrogens (tertiary/aromatic N) is 1. The molecule has 1 saturated heterocycles. The van der Waals surface area contributed by atoms with Crippen LogP contribution < -0.4 is 10.6 Å². The summed E-state index contributed by atoms with van der Waals surface area (Å²) in [6.07, 6.45) is 1.81. The Hall–Kier alpha value is -2.37. The number of amides is 2. The Bertz CT molecular complexity index is 804. The number of carbonyl (C=O) groups excluding carboxylic acids is 2. The highest BCUT2D eigenvalue weighted by atomic mass is 35.5.